The van der Waals surface area contributed by atoms with Gasteiger partial charge in [0.25, 0.3) is 0 Å². The first-order valence-electron chi connectivity index (χ1n) is 5.12. The zero-order valence-electron chi connectivity index (χ0n) is 9.54. The number of nitrogens with zero attached hydrogens (tertiary/aromatic N) is 2. The van der Waals surface area contributed by atoms with Crippen molar-refractivity contribution in [2.75, 3.05) is 16.8 Å². The summed E-state index contributed by atoms with van der Waals surface area (Å²) in [5.41, 5.74) is 0.556. The van der Waals surface area contributed by atoms with Gasteiger partial charge in [-0.25, -0.2) is 4.98 Å². The number of aromatic nitrogens is 1. The molecule has 0 saturated heterocycles. The Kier molecular flexibility index (Phi) is 2.54. The first-order valence-corrected chi connectivity index (χ1v) is 5.50. The molecule has 0 saturated carbocycles. The third-order valence-electron chi connectivity index (χ3n) is 2.48. The highest BCUT2D eigenvalue weighted by Crippen LogP contribution is 2.33. The second-order valence-corrected chi connectivity index (χ2v) is 5.20. The molecule has 1 N–H and O–H groups in total. The Morgan fingerprint density at radius 3 is 2.75 bits per heavy atom. The van der Waals surface area contributed by atoms with Crippen molar-refractivity contribution < 1.29 is 4.79 Å². The molecule has 0 aromatic carbocycles. The highest BCUT2D eigenvalue weighted by molar-refractivity contribution is 6.29. The van der Waals surface area contributed by atoms with E-state index in [0.717, 1.165) is 11.5 Å². The van der Waals surface area contributed by atoms with Gasteiger partial charge in [0.15, 0.2) is 5.82 Å². The van der Waals surface area contributed by atoms with Crippen LogP contribution in [0.25, 0.3) is 0 Å². The van der Waals surface area contributed by atoms with E-state index in [0.29, 0.717) is 11.7 Å². The molecule has 0 unspecified atom stereocenters. The zero-order chi connectivity index (χ0) is 11.9. The number of nitrogens with one attached hydrogen (secondary N) is 1. The minimum Gasteiger partial charge on any atom is -0.341 e. The van der Waals surface area contributed by atoms with Crippen molar-refractivity contribution in [1.82, 2.24) is 4.98 Å². The number of anilines is 2. The van der Waals surface area contributed by atoms with Crippen molar-refractivity contribution in [3.63, 3.8) is 0 Å². The molecule has 0 atom stereocenters. The van der Waals surface area contributed by atoms with Gasteiger partial charge in [0, 0.05) is 5.54 Å². The smallest absolute Gasteiger partial charge is 0.244 e. The summed E-state index contributed by atoms with van der Waals surface area (Å²) in [7, 11) is 0. The van der Waals surface area contributed by atoms with E-state index in [-0.39, 0.29) is 11.4 Å². The Labute approximate surface area is 99.6 Å². The Morgan fingerprint density at radius 2 is 2.12 bits per heavy atom. The standard InChI is InChI=1S/C11H14ClN3O/c1-11(2,3)15-6-9(16)13-7-4-5-8(12)14-10(7)15/h4-5H,6H2,1-3H3,(H,13,16). The van der Waals surface area contributed by atoms with Crippen molar-refractivity contribution in [2.45, 2.75) is 26.3 Å². The molecule has 0 spiro atoms. The average molecular weight is 240 g/mol. The lowest BCUT2D eigenvalue weighted by molar-refractivity contribution is -0.115. The Hall–Kier alpha value is -1.29. The summed E-state index contributed by atoms with van der Waals surface area (Å²) >= 11 is 5.88. The number of hydrogen-bond acceptors (Lipinski definition) is 3. The lowest BCUT2D eigenvalue weighted by Gasteiger charge is -2.39. The second-order valence-electron chi connectivity index (χ2n) is 4.81. The summed E-state index contributed by atoms with van der Waals surface area (Å²) in [6.45, 7) is 6.43. The molecule has 16 heavy (non-hydrogen) atoms. The number of rotatable bonds is 0. The molecule has 5 heteroatoms. The molecule has 1 aliphatic heterocycles. The average Bonchev–Trinajstić information content (AvgIpc) is 2.16. The van der Waals surface area contributed by atoms with Crippen LogP contribution in [0.4, 0.5) is 11.5 Å². The van der Waals surface area contributed by atoms with Crippen LogP contribution in [0.2, 0.25) is 5.15 Å². The van der Waals surface area contributed by atoms with Gasteiger partial charge in [-0.2, -0.15) is 0 Å². The highest BCUT2D eigenvalue weighted by Gasteiger charge is 2.31. The van der Waals surface area contributed by atoms with Crippen molar-refractivity contribution in [3.05, 3.63) is 17.3 Å². The molecule has 0 aliphatic carbocycles. The Balaban J connectivity index is 2.52. The quantitative estimate of drug-likeness (QED) is 0.707. The Morgan fingerprint density at radius 1 is 1.44 bits per heavy atom. The number of carbonyl (C=O) groups is 1. The summed E-state index contributed by atoms with van der Waals surface area (Å²) in [5.74, 6) is 0.714. The van der Waals surface area contributed by atoms with Crippen LogP contribution in [0.1, 0.15) is 20.8 Å². The fourth-order valence-corrected chi connectivity index (χ4v) is 1.83. The van der Waals surface area contributed by atoms with Gasteiger partial charge in [-0.1, -0.05) is 11.6 Å². The maximum absolute atomic E-state index is 11.6. The van der Waals surface area contributed by atoms with Crippen LogP contribution in [-0.4, -0.2) is 23.0 Å². The van der Waals surface area contributed by atoms with Crippen LogP contribution < -0.4 is 10.2 Å². The van der Waals surface area contributed by atoms with Crippen molar-refractivity contribution in [3.8, 4) is 0 Å². The molecule has 1 aliphatic rings. The van der Waals surface area contributed by atoms with Gasteiger partial charge in [0.1, 0.15) is 5.15 Å². The molecule has 1 amide bonds. The van der Waals surface area contributed by atoms with Crippen LogP contribution in [0.15, 0.2) is 12.1 Å². The molecular weight excluding hydrogens is 226 g/mol. The van der Waals surface area contributed by atoms with Crippen LogP contribution in [0.3, 0.4) is 0 Å². The molecule has 86 valence electrons. The first kappa shape index (κ1) is 11.2. The van der Waals surface area contributed by atoms with Gasteiger partial charge in [-0.05, 0) is 32.9 Å². The number of halogens is 1. The van der Waals surface area contributed by atoms with Gasteiger partial charge in [0.2, 0.25) is 5.91 Å². The van der Waals surface area contributed by atoms with Gasteiger partial charge in [0.05, 0.1) is 12.2 Å². The number of fused-ring (bicyclic) bond motifs is 1. The fourth-order valence-electron chi connectivity index (χ4n) is 1.69. The molecule has 1 aromatic rings. The molecule has 0 bridgehead atoms. The van der Waals surface area contributed by atoms with Crippen LogP contribution in [-0.2, 0) is 4.79 Å². The summed E-state index contributed by atoms with van der Waals surface area (Å²) < 4.78 is 0. The molecule has 2 heterocycles. The van der Waals surface area contributed by atoms with E-state index < -0.39 is 0 Å². The highest BCUT2D eigenvalue weighted by atomic mass is 35.5. The van der Waals surface area contributed by atoms with Gasteiger partial charge < -0.3 is 10.2 Å². The molecule has 4 nitrogen and oxygen atoms in total. The maximum Gasteiger partial charge on any atom is 0.244 e. The number of carbonyl (C=O) groups excluding carboxylic acids is 1. The lowest BCUT2D eigenvalue weighted by atomic mass is 10.0. The van der Waals surface area contributed by atoms with Crippen LogP contribution in [0.5, 0.6) is 0 Å². The minimum atomic E-state index is -0.163. The number of hydrogen-bond donors (Lipinski definition) is 1. The molecule has 1 aromatic heterocycles. The summed E-state index contributed by atoms with van der Waals surface area (Å²) in [6.07, 6.45) is 0. The van der Waals surface area contributed by atoms with Gasteiger partial charge in [-0.15, -0.1) is 0 Å². The van der Waals surface area contributed by atoms with Crippen molar-refractivity contribution >= 4 is 29.0 Å². The normalized spacial score (nSPS) is 15.8. The summed E-state index contributed by atoms with van der Waals surface area (Å²) in [5, 5.41) is 3.22. The minimum absolute atomic E-state index is 0.0217. The van der Waals surface area contributed by atoms with Crippen molar-refractivity contribution in [1.29, 1.82) is 0 Å². The monoisotopic (exact) mass is 239 g/mol. The van der Waals surface area contributed by atoms with E-state index in [1.54, 1.807) is 12.1 Å². The third kappa shape index (κ3) is 1.97. The Bertz CT molecular complexity index is 439. The van der Waals surface area contributed by atoms with Gasteiger partial charge in [-0.3, -0.25) is 4.79 Å². The number of pyridine rings is 1. The van der Waals surface area contributed by atoms with E-state index >= 15 is 0 Å². The van der Waals surface area contributed by atoms with E-state index in [1.807, 2.05) is 25.7 Å². The first-order chi connectivity index (χ1) is 7.38. The molecule has 0 fully saturated rings. The maximum atomic E-state index is 11.6. The molecule has 0 radical (unpaired) electrons. The summed E-state index contributed by atoms with van der Waals surface area (Å²) in [4.78, 5) is 17.8. The number of amides is 1. The van der Waals surface area contributed by atoms with Crippen LogP contribution >= 0.6 is 11.6 Å². The van der Waals surface area contributed by atoms with E-state index in [2.05, 4.69) is 10.3 Å². The predicted octanol–water partition coefficient (Wildman–Crippen LogP) is 2.29. The van der Waals surface area contributed by atoms with E-state index in [4.69, 9.17) is 11.6 Å². The third-order valence-corrected chi connectivity index (χ3v) is 2.69. The topological polar surface area (TPSA) is 45.2 Å². The predicted molar refractivity (Wildman–Crippen MR) is 65.0 cm³/mol. The lowest BCUT2D eigenvalue weighted by Crippen LogP contribution is -2.49. The largest absolute Gasteiger partial charge is 0.341 e. The van der Waals surface area contributed by atoms with E-state index in [9.17, 15) is 4.79 Å². The molecule has 2 rings (SSSR count). The van der Waals surface area contributed by atoms with Crippen LogP contribution in [0, 0.1) is 0 Å². The van der Waals surface area contributed by atoms with E-state index in [1.165, 1.54) is 0 Å². The van der Waals surface area contributed by atoms with Crippen molar-refractivity contribution in [2.24, 2.45) is 0 Å². The summed E-state index contributed by atoms with van der Waals surface area (Å²) in [6, 6.07) is 3.45. The van der Waals surface area contributed by atoms with Gasteiger partial charge >= 0.3 is 0 Å². The molecular formula is C11H14ClN3O. The SMILES string of the molecule is CC(C)(C)N1CC(=O)Nc2ccc(Cl)nc21. The zero-order valence-corrected chi connectivity index (χ0v) is 10.3. The fraction of sp³-hybridized carbons (Fsp3) is 0.455. The second kappa shape index (κ2) is 3.63.